The maximum absolute atomic E-state index is 11.9. The second-order valence-electron chi connectivity index (χ2n) is 5.49. The maximum Gasteiger partial charge on any atom is 0.407 e. The molecule has 0 fully saturated rings. The number of ether oxygens (including phenoxy) is 3. The van der Waals surface area contributed by atoms with Gasteiger partial charge in [-0.3, -0.25) is 4.79 Å². The number of hydrogen-bond acceptors (Lipinski definition) is 6. The Balaban J connectivity index is 4.09. The quantitative estimate of drug-likeness (QED) is 0.191. The van der Waals surface area contributed by atoms with Gasteiger partial charge in [-0.15, -0.1) is 23.2 Å². The molecule has 0 spiro atoms. The van der Waals surface area contributed by atoms with E-state index in [2.05, 4.69) is 5.32 Å². The van der Waals surface area contributed by atoms with Crippen LogP contribution in [0.1, 0.15) is 51.9 Å². The molecule has 0 aromatic heterocycles. The van der Waals surface area contributed by atoms with Gasteiger partial charge in [-0.1, -0.05) is 12.8 Å². The molecular formula is C17H29Cl2NO6. The van der Waals surface area contributed by atoms with E-state index in [1.165, 1.54) is 0 Å². The summed E-state index contributed by atoms with van der Waals surface area (Å²) in [6, 6.07) is -0.769. The molecule has 0 aliphatic rings. The third kappa shape index (κ3) is 14.0. The van der Waals surface area contributed by atoms with E-state index in [0.29, 0.717) is 56.9 Å². The lowest BCUT2D eigenvalue weighted by atomic mass is 10.1. The summed E-state index contributed by atoms with van der Waals surface area (Å²) in [5, 5.41) is 2.51. The van der Waals surface area contributed by atoms with E-state index in [9.17, 15) is 14.4 Å². The largest absolute Gasteiger partial charge is 0.466 e. The van der Waals surface area contributed by atoms with Gasteiger partial charge < -0.3 is 19.5 Å². The number of esters is 2. The zero-order valence-corrected chi connectivity index (χ0v) is 16.8. The van der Waals surface area contributed by atoms with E-state index < -0.39 is 18.1 Å². The Labute approximate surface area is 165 Å². The molecule has 1 unspecified atom stereocenters. The maximum atomic E-state index is 11.9. The number of unbranched alkanes of at least 4 members (excludes halogenated alkanes) is 2. The van der Waals surface area contributed by atoms with Crippen molar-refractivity contribution in [2.45, 2.75) is 57.9 Å². The molecule has 0 aromatic carbocycles. The number of amides is 1. The van der Waals surface area contributed by atoms with E-state index in [4.69, 9.17) is 37.4 Å². The van der Waals surface area contributed by atoms with E-state index in [-0.39, 0.29) is 19.2 Å². The smallest absolute Gasteiger partial charge is 0.407 e. The van der Waals surface area contributed by atoms with Crippen LogP contribution >= 0.6 is 23.2 Å². The van der Waals surface area contributed by atoms with E-state index >= 15 is 0 Å². The molecule has 7 nitrogen and oxygen atoms in total. The van der Waals surface area contributed by atoms with Crippen LogP contribution in [0.2, 0.25) is 0 Å². The highest BCUT2D eigenvalue weighted by atomic mass is 35.5. The lowest BCUT2D eigenvalue weighted by Crippen LogP contribution is -2.42. The number of halogens is 2. The molecule has 0 saturated heterocycles. The number of nitrogens with one attached hydrogen (secondary N) is 1. The van der Waals surface area contributed by atoms with Crippen LogP contribution in [-0.2, 0) is 23.8 Å². The van der Waals surface area contributed by atoms with Crippen molar-refractivity contribution < 1.29 is 28.6 Å². The molecule has 9 heteroatoms. The molecular weight excluding hydrogens is 385 g/mol. The summed E-state index contributed by atoms with van der Waals surface area (Å²) in [7, 11) is 0. The Kier molecular flexibility index (Phi) is 16.4. The van der Waals surface area contributed by atoms with Crippen molar-refractivity contribution in [3.63, 3.8) is 0 Å². The minimum absolute atomic E-state index is 0.191. The third-order valence-electron chi connectivity index (χ3n) is 3.29. The summed E-state index contributed by atoms with van der Waals surface area (Å²) < 4.78 is 14.9. The van der Waals surface area contributed by atoms with Crippen molar-refractivity contribution in [1.29, 1.82) is 0 Å². The summed E-state index contributed by atoms with van der Waals surface area (Å²) >= 11 is 11.0. The second kappa shape index (κ2) is 17.2. The predicted molar refractivity (Wildman–Crippen MR) is 99.6 cm³/mol. The normalized spacial score (nSPS) is 11.5. The van der Waals surface area contributed by atoms with Gasteiger partial charge in [0.1, 0.15) is 6.04 Å². The molecule has 0 aliphatic heterocycles. The van der Waals surface area contributed by atoms with Crippen molar-refractivity contribution in [3.8, 4) is 0 Å². The fourth-order valence-electron chi connectivity index (χ4n) is 2.00. The number of alkyl halides is 2. The molecule has 0 saturated carbocycles. The van der Waals surface area contributed by atoms with Gasteiger partial charge >= 0.3 is 18.0 Å². The zero-order chi connectivity index (χ0) is 19.6. The highest BCUT2D eigenvalue weighted by Gasteiger charge is 2.22. The first-order chi connectivity index (χ1) is 12.5. The number of carbonyl (C=O) groups excluding carboxylic acids is 3. The summed E-state index contributed by atoms with van der Waals surface area (Å²) in [5.41, 5.74) is 0. The number of alkyl carbamates (subject to hydrolysis) is 1. The van der Waals surface area contributed by atoms with Crippen LogP contribution in [-0.4, -0.2) is 55.7 Å². The molecule has 0 rings (SSSR count). The highest BCUT2D eigenvalue weighted by molar-refractivity contribution is 6.18. The van der Waals surface area contributed by atoms with Crippen LogP contribution in [0.25, 0.3) is 0 Å². The van der Waals surface area contributed by atoms with Gasteiger partial charge in [-0.2, -0.15) is 0 Å². The van der Waals surface area contributed by atoms with E-state index in [1.54, 1.807) is 6.92 Å². The van der Waals surface area contributed by atoms with Gasteiger partial charge in [0.25, 0.3) is 0 Å². The molecule has 26 heavy (non-hydrogen) atoms. The van der Waals surface area contributed by atoms with Crippen molar-refractivity contribution in [2.75, 3.05) is 31.6 Å². The van der Waals surface area contributed by atoms with Crippen LogP contribution in [0.4, 0.5) is 4.79 Å². The fourth-order valence-corrected chi connectivity index (χ4v) is 2.22. The van der Waals surface area contributed by atoms with Gasteiger partial charge in [-0.05, 0) is 32.6 Å². The van der Waals surface area contributed by atoms with Crippen LogP contribution in [0, 0.1) is 0 Å². The van der Waals surface area contributed by atoms with Crippen molar-refractivity contribution >= 4 is 41.2 Å². The summed E-state index contributed by atoms with van der Waals surface area (Å²) in [6.45, 7) is 2.45. The van der Waals surface area contributed by atoms with Gasteiger partial charge in [0.05, 0.1) is 19.8 Å². The van der Waals surface area contributed by atoms with Crippen LogP contribution in [0.5, 0.6) is 0 Å². The van der Waals surface area contributed by atoms with E-state index in [0.717, 1.165) is 6.42 Å². The lowest BCUT2D eigenvalue weighted by molar-refractivity contribution is -0.146. The first-order valence-electron chi connectivity index (χ1n) is 8.92. The molecule has 0 aliphatic carbocycles. The summed E-state index contributed by atoms with van der Waals surface area (Å²) in [6.07, 6.45) is 3.27. The Bertz CT molecular complexity index is 409. The molecule has 1 amide bonds. The first-order valence-corrected chi connectivity index (χ1v) is 9.99. The SMILES string of the molecule is CCOC(=O)C(CCCCCC(=O)OCCCCl)NC(=O)OCCCCl. The molecule has 1 atom stereocenters. The van der Waals surface area contributed by atoms with Crippen molar-refractivity contribution in [1.82, 2.24) is 5.32 Å². The van der Waals surface area contributed by atoms with Crippen LogP contribution in [0.3, 0.4) is 0 Å². The fraction of sp³-hybridized carbons (Fsp3) is 0.824. The number of carbonyl (C=O) groups is 3. The summed E-state index contributed by atoms with van der Waals surface area (Å²) in [4.78, 5) is 35.1. The standard InChI is InChI=1S/C17H29Cl2NO6/c1-2-24-16(22)14(20-17(23)26-13-7-11-19)8-4-3-5-9-15(21)25-12-6-10-18/h14H,2-13H2,1H3,(H,20,23). The average Bonchev–Trinajstić information content (AvgIpc) is 2.61. The monoisotopic (exact) mass is 413 g/mol. The Hall–Kier alpha value is -1.21. The van der Waals surface area contributed by atoms with Crippen LogP contribution in [0.15, 0.2) is 0 Å². The minimum Gasteiger partial charge on any atom is -0.466 e. The molecule has 0 aromatic rings. The first kappa shape index (κ1) is 24.8. The highest BCUT2D eigenvalue weighted by Crippen LogP contribution is 2.09. The third-order valence-corrected chi connectivity index (χ3v) is 3.82. The molecule has 0 bridgehead atoms. The average molecular weight is 414 g/mol. The Morgan fingerprint density at radius 3 is 2.15 bits per heavy atom. The predicted octanol–water partition coefficient (Wildman–Crippen LogP) is 3.40. The zero-order valence-electron chi connectivity index (χ0n) is 15.3. The van der Waals surface area contributed by atoms with Crippen molar-refractivity contribution in [2.24, 2.45) is 0 Å². The Morgan fingerprint density at radius 1 is 0.885 bits per heavy atom. The van der Waals surface area contributed by atoms with E-state index in [1.807, 2.05) is 0 Å². The van der Waals surface area contributed by atoms with Crippen molar-refractivity contribution in [3.05, 3.63) is 0 Å². The number of hydrogen-bond donors (Lipinski definition) is 1. The number of rotatable bonds is 15. The minimum atomic E-state index is -0.769. The lowest BCUT2D eigenvalue weighted by Gasteiger charge is -2.17. The Morgan fingerprint density at radius 2 is 1.54 bits per heavy atom. The van der Waals surface area contributed by atoms with Gasteiger partial charge in [0, 0.05) is 18.2 Å². The molecule has 0 heterocycles. The van der Waals surface area contributed by atoms with Gasteiger partial charge in [0.15, 0.2) is 0 Å². The molecule has 152 valence electrons. The van der Waals surface area contributed by atoms with Crippen LogP contribution < -0.4 is 5.32 Å². The van der Waals surface area contributed by atoms with Gasteiger partial charge in [0.2, 0.25) is 0 Å². The molecule has 0 radical (unpaired) electrons. The van der Waals surface area contributed by atoms with Gasteiger partial charge in [-0.25, -0.2) is 9.59 Å². The topological polar surface area (TPSA) is 90.9 Å². The summed E-state index contributed by atoms with van der Waals surface area (Å²) in [5.74, 6) is 0.104. The molecule has 1 N–H and O–H groups in total. The second-order valence-corrected chi connectivity index (χ2v) is 6.25.